The van der Waals surface area contributed by atoms with Crippen LogP contribution in [0.2, 0.25) is 5.02 Å². The molecule has 0 aliphatic carbocycles. The molecule has 2 aromatic carbocycles. The first-order valence-electron chi connectivity index (χ1n) is 8.71. The molecule has 6 heteroatoms. The SMILES string of the molecule is CCN(C(=O)c1cnc(Nc2ccc(C)c(Cl)c2)nc1)c1cccc(C)c1. The Labute approximate surface area is 164 Å². The average Bonchev–Trinajstić information content (AvgIpc) is 2.66. The Bertz CT molecular complexity index is 957. The van der Waals surface area contributed by atoms with Gasteiger partial charge in [-0.05, 0) is 56.2 Å². The molecule has 138 valence electrons. The number of aryl methyl sites for hydroxylation is 2. The van der Waals surface area contributed by atoms with Crippen molar-refractivity contribution in [3.8, 4) is 0 Å². The van der Waals surface area contributed by atoms with Crippen LogP contribution >= 0.6 is 11.6 Å². The van der Waals surface area contributed by atoms with Crippen molar-refractivity contribution >= 4 is 34.8 Å². The summed E-state index contributed by atoms with van der Waals surface area (Å²) in [6.07, 6.45) is 3.07. The quantitative estimate of drug-likeness (QED) is 0.664. The number of anilines is 3. The molecule has 0 saturated carbocycles. The molecule has 0 aliphatic heterocycles. The van der Waals surface area contributed by atoms with Crippen LogP contribution in [0.5, 0.6) is 0 Å². The first-order valence-corrected chi connectivity index (χ1v) is 9.09. The van der Waals surface area contributed by atoms with Gasteiger partial charge in [0.1, 0.15) is 0 Å². The van der Waals surface area contributed by atoms with Gasteiger partial charge < -0.3 is 10.2 Å². The summed E-state index contributed by atoms with van der Waals surface area (Å²) >= 11 is 6.14. The van der Waals surface area contributed by atoms with Gasteiger partial charge in [0.05, 0.1) is 5.56 Å². The zero-order valence-corrected chi connectivity index (χ0v) is 16.3. The summed E-state index contributed by atoms with van der Waals surface area (Å²) < 4.78 is 0. The highest BCUT2D eigenvalue weighted by Crippen LogP contribution is 2.22. The smallest absolute Gasteiger partial charge is 0.261 e. The highest BCUT2D eigenvalue weighted by Gasteiger charge is 2.17. The molecule has 1 aromatic heterocycles. The van der Waals surface area contributed by atoms with Crippen molar-refractivity contribution in [2.75, 3.05) is 16.8 Å². The number of nitrogens with zero attached hydrogens (tertiary/aromatic N) is 3. The number of nitrogens with one attached hydrogen (secondary N) is 1. The topological polar surface area (TPSA) is 58.1 Å². The number of amides is 1. The lowest BCUT2D eigenvalue weighted by atomic mass is 10.2. The maximum Gasteiger partial charge on any atom is 0.261 e. The minimum Gasteiger partial charge on any atom is -0.324 e. The predicted octanol–water partition coefficient (Wildman–Crippen LogP) is 5.16. The summed E-state index contributed by atoms with van der Waals surface area (Å²) in [5.74, 6) is 0.276. The molecule has 3 rings (SSSR count). The average molecular weight is 381 g/mol. The third-order valence-electron chi connectivity index (χ3n) is 4.20. The third kappa shape index (κ3) is 4.44. The monoisotopic (exact) mass is 380 g/mol. The van der Waals surface area contributed by atoms with E-state index in [4.69, 9.17) is 11.6 Å². The van der Waals surface area contributed by atoms with Crippen molar-refractivity contribution in [2.45, 2.75) is 20.8 Å². The summed E-state index contributed by atoms with van der Waals surface area (Å²) in [5.41, 5.74) is 4.19. The number of hydrogen-bond acceptors (Lipinski definition) is 4. The number of rotatable bonds is 5. The molecule has 1 N–H and O–H groups in total. The molecule has 0 saturated heterocycles. The van der Waals surface area contributed by atoms with E-state index in [0.29, 0.717) is 23.1 Å². The summed E-state index contributed by atoms with van der Waals surface area (Å²) in [7, 11) is 0. The molecule has 27 heavy (non-hydrogen) atoms. The van der Waals surface area contributed by atoms with Crippen LogP contribution in [-0.4, -0.2) is 22.4 Å². The van der Waals surface area contributed by atoms with Gasteiger partial charge in [0, 0.05) is 35.3 Å². The van der Waals surface area contributed by atoms with E-state index in [1.54, 1.807) is 4.90 Å². The summed E-state index contributed by atoms with van der Waals surface area (Å²) in [5, 5.41) is 3.76. The van der Waals surface area contributed by atoms with E-state index in [0.717, 1.165) is 22.5 Å². The maximum absolute atomic E-state index is 12.8. The summed E-state index contributed by atoms with van der Waals surface area (Å²) in [4.78, 5) is 23.1. The molecule has 0 unspecified atom stereocenters. The van der Waals surface area contributed by atoms with Crippen LogP contribution in [0.3, 0.4) is 0 Å². The zero-order valence-electron chi connectivity index (χ0n) is 15.5. The van der Waals surface area contributed by atoms with E-state index in [1.165, 1.54) is 12.4 Å². The Morgan fingerprint density at radius 2 is 1.85 bits per heavy atom. The molecule has 3 aromatic rings. The van der Waals surface area contributed by atoms with Crippen LogP contribution in [0.25, 0.3) is 0 Å². The first kappa shape index (κ1) is 18.9. The van der Waals surface area contributed by atoms with E-state index in [-0.39, 0.29) is 5.91 Å². The van der Waals surface area contributed by atoms with Gasteiger partial charge in [-0.2, -0.15) is 0 Å². The number of aromatic nitrogens is 2. The zero-order chi connectivity index (χ0) is 19.4. The van der Waals surface area contributed by atoms with E-state index in [9.17, 15) is 4.79 Å². The Balaban J connectivity index is 1.77. The minimum atomic E-state index is -0.131. The maximum atomic E-state index is 12.8. The predicted molar refractivity (Wildman–Crippen MR) is 110 cm³/mol. The van der Waals surface area contributed by atoms with Crippen molar-refractivity contribution < 1.29 is 4.79 Å². The van der Waals surface area contributed by atoms with Crippen molar-refractivity contribution in [3.05, 3.63) is 76.6 Å². The molecular formula is C21H21ClN4O. The number of carbonyl (C=O) groups excluding carboxylic acids is 1. The Morgan fingerprint density at radius 1 is 1.11 bits per heavy atom. The van der Waals surface area contributed by atoms with Crippen LogP contribution in [0, 0.1) is 13.8 Å². The number of hydrogen-bond donors (Lipinski definition) is 1. The highest BCUT2D eigenvalue weighted by molar-refractivity contribution is 6.31. The Morgan fingerprint density at radius 3 is 2.48 bits per heavy atom. The lowest BCUT2D eigenvalue weighted by Crippen LogP contribution is -2.30. The van der Waals surface area contributed by atoms with E-state index in [1.807, 2.05) is 63.2 Å². The molecule has 5 nitrogen and oxygen atoms in total. The second-order valence-corrected chi connectivity index (χ2v) is 6.68. The first-order chi connectivity index (χ1) is 13.0. The summed E-state index contributed by atoms with van der Waals surface area (Å²) in [6, 6.07) is 13.5. The van der Waals surface area contributed by atoms with Gasteiger partial charge in [-0.25, -0.2) is 9.97 Å². The van der Waals surface area contributed by atoms with Gasteiger partial charge >= 0.3 is 0 Å². The Kier molecular flexibility index (Phi) is 5.72. The van der Waals surface area contributed by atoms with E-state index >= 15 is 0 Å². The standard InChI is InChI=1S/C21H21ClN4O/c1-4-26(18-7-5-6-14(2)10-18)20(27)16-12-23-21(24-13-16)25-17-9-8-15(3)19(22)11-17/h5-13H,4H2,1-3H3,(H,23,24,25). The fraction of sp³-hybridized carbons (Fsp3) is 0.190. The number of benzene rings is 2. The molecule has 1 heterocycles. The molecule has 1 amide bonds. The van der Waals surface area contributed by atoms with Gasteiger partial charge in [-0.1, -0.05) is 29.8 Å². The van der Waals surface area contributed by atoms with Crippen LogP contribution in [0.1, 0.15) is 28.4 Å². The molecule has 0 aliphatic rings. The van der Waals surface area contributed by atoms with Crippen molar-refractivity contribution in [1.29, 1.82) is 0 Å². The second kappa shape index (κ2) is 8.18. The van der Waals surface area contributed by atoms with Gasteiger partial charge in [0.15, 0.2) is 0 Å². The molecule has 0 fully saturated rings. The van der Waals surface area contributed by atoms with Crippen LogP contribution in [0.15, 0.2) is 54.9 Å². The Hall–Kier alpha value is -2.92. The molecule has 0 spiro atoms. The molecular weight excluding hydrogens is 360 g/mol. The molecule has 0 bridgehead atoms. The number of carbonyl (C=O) groups is 1. The van der Waals surface area contributed by atoms with E-state index in [2.05, 4.69) is 15.3 Å². The molecule has 0 atom stereocenters. The van der Waals surface area contributed by atoms with Crippen molar-refractivity contribution in [1.82, 2.24) is 9.97 Å². The largest absolute Gasteiger partial charge is 0.324 e. The van der Waals surface area contributed by atoms with Gasteiger partial charge in [0.2, 0.25) is 5.95 Å². The van der Waals surface area contributed by atoms with E-state index < -0.39 is 0 Å². The lowest BCUT2D eigenvalue weighted by molar-refractivity contribution is 0.0987. The van der Waals surface area contributed by atoms with Crippen LogP contribution in [0.4, 0.5) is 17.3 Å². The highest BCUT2D eigenvalue weighted by atomic mass is 35.5. The molecule has 0 radical (unpaired) electrons. The van der Waals surface area contributed by atoms with Crippen LogP contribution < -0.4 is 10.2 Å². The van der Waals surface area contributed by atoms with Crippen molar-refractivity contribution in [3.63, 3.8) is 0 Å². The fourth-order valence-corrected chi connectivity index (χ4v) is 2.88. The minimum absolute atomic E-state index is 0.131. The van der Waals surface area contributed by atoms with Crippen LogP contribution in [-0.2, 0) is 0 Å². The van der Waals surface area contributed by atoms with Crippen molar-refractivity contribution in [2.24, 2.45) is 0 Å². The fourth-order valence-electron chi connectivity index (χ4n) is 2.70. The second-order valence-electron chi connectivity index (χ2n) is 6.27. The lowest BCUT2D eigenvalue weighted by Gasteiger charge is -2.21. The van der Waals surface area contributed by atoms with Gasteiger partial charge in [-0.3, -0.25) is 4.79 Å². The third-order valence-corrected chi connectivity index (χ3v) is 4.61. The summed E-state index contributed by atoms with van der Waals surface area (Å²) in [6.45, 7) is 6.45. The normalized spacial score (nSPS) is 10.5. The number of halogens is 1. The van der Waals surface area contributed by atoms with Gasteiger partial charge in [-0.15, -0.1) is 0 Å². The van der Waals surface area contributed by atoms with Gasteiger partial charge in [0.25, 0.3) is 5.91 Å².